The fraction of sp³-hybridized carbons (Fsp3) is 0.615. The number of halogens is 1. The number of hydrogen-bond acceptors (Lipinski definition) is 5. The molecule has 192 valence electrons. The zero-order chi connectivity index (χ0) is 25.2. The number of rotatable bonds is 8. The summed E-state index contributed by atoms with van der Waals surface area (Å²) in [6, 6.07) is 6.08. The van der Waals surface area contributed by atoms with Crippen molar-refractivity contribution in [1.82, 2.24) is 14.4 Å². The van der Waals surface area contributed by atoms with Gasteiger partial charge in [0.15, 0.2) is 6.10 Å². The number of hydrogen-bond donors (Lipinski definition) is 0. The Morgan fingerprint density at radius 1 is 1.26 bits per heavy atom. The maximum absolute atomic E-state index is 13.6. The van der Waals surface area contributed by atoms with E-state index in [0.29, 0.717) is 31.3 Å². The van der Waals surface area contributed by atoms with Crippen LogP contribution < -0.4 is 0 Å². The number of amides is 2. The molecule has 2 fully saturated rings. The van der Waals surface area contributed by atoms with Gasteiger partial charge in [0.2, 0.25) is 0 Å². The molecule has 0 N–H and O–H groups in total. The number of carbonyl (C=O) groups excluding carboxylic acids is 2. The number of fused-ring (bicyclic) bond motifs is 1. The van der Waals surface area contributed by atoms with Gasteiger partial charge in [0.1, 0.15) is 5.60 Å². The Kier molecular flexibility index (Phi) is 7.93. The highest BCUT2D eigenvalue weighted by molar-refractivity contribution is 6.31. The molecule has 1 saturated carbocycles. The molecule has 0 radical (unpaired) electrons. The molecule has 2 aromatic rings. The first-order chi connectivity index (χ1) is 16.7. The van der Waals surface area contributed by atoms with Gasteiger partial charge in [-0.1, -0.05) is 11.6 Å². The van der Waals surface area contributed by atoms with E-state index in [4.69, 9.17) is 25.8 Å². The van der Waals surface area contributed by atoms with Crippen molar-refractivity contribution in [2.24, 2.45) is 0 Å². The van der Waals surface area contributed by atoms with Crippen LogP contribution in [0.25, 0.3) is 10.9 Å². The minimum Gasteiger partial charge on any atom is -0.444 e. The Labute approximate surface area is 212 Å². The fourth-order valence-electron chi connectivity index (χ4n) is 4.47. The Morgan fingerprint density at radius 2 is 2.03 bits per heavy atom. The molecule has 0 bridgehead atoms. The van der Waals surface area contributed by atoms with Crippen molar-refractivity contribution in [3.63, 3.8) is 0 Å². The molecule has 1 aromatic carbocycles. The van der Waals surface area contributed by atoms with E-state index >= 15 is 0 Å². The monoisotopic (exact) mass is 505 g/mol. The summed E-state index contributed by atoms with van der Waals surface area (Å²) < 4.78 is 18.8. The number of nitrogens with zero attached hydrogens (tertiary/aromatic N) is 3. The third-order valence-corrected chi connectivity index (χ3v) is 6.51. The van der Waals surface area contributed by atoms with Crippen molar-refractivity contribution in [1.29, 1.82) is 0 Å². The number of methoxy groups -OCH3 is 1. The lowest BCUT2D eigenvalue weighted by molar-refractivity contribution is -0.150. The van der Waals surface area contributed by atoms with Crippen LogP contribution in [0.3, 0.4) is 0 Å². The molecular formula is C26H36ClN3O5. The average Bonchev–Trinajstić information content (AvgIpc) is 3.59. The third-order valence-electron chi connectivity index (χ3n) is 6.28. The van der Waals surface area contributed by atoms with E-state index in [1.807, 2.05) is 43.9 Å². The van der Waals surface area contributed by atoms with Gasteiger partial charge in [-0.15, -0.1) is 0 Å². The van der Waals surface area contributed by atoms with E-state index in [0.717, 1.165) is 42.3 Å². The van der Waals surface area contributed by atoms with Crippen molar-refractivity contribution in [3.05, 3.63) is 35.0 Å². The highest BCUT2D eigenvalue weighted by atomic mass is 35.5. The number of aromatic nitrogens is 1. The second kappa shape index (κ2) is 10.8. The second-order valence-corrected chi connectivity index (χ2v) is 10.8. The van der Waals surface area contributed by atoms with Gasteiger partial charge in [0, 0.05) is 61.5 Å². The Morgan fingerprint density at radius 3 is 2.71 bits per heavy atom. The van der Waals surface area contributed by atoms with E-state index < -0.39 is 17.8 Å². The molecule has 2 aliphatic rings. The first kappa shape index (κ1) is 25.8. The van der Waals surface area contributed by atoms with Crippen LogP contribution in [0.2, 0.25) is 5.02 Å². The number of morpholine rings is 1. The molecule has 8 nitrogen and oxygen atoms in total. The molecule has 35 heavy (non-hydrogen) atoms. The number of aryl methyl sites for hydroxylation is 1. The highest BCUT2D eigenvalue weighted by Crippen LogP contribution is 2.33. The summed E-state index contributed by atoms with van der Waals surface area (Å²) in [5, 5.41) is 1.72. The van der Waals surface area contributed by atoms with Crippen molar-refractivity contribution in [3.8, 4) is 0 Å². The molecular weight excluding hydrogens is 470 g/mol. The highest BCUT2D eigenvalue weighted by Gasteiger charge is 2.39. The van der Waals surface area contributed by atoms with Crippen LogP contribution in [-0.4, -0.2) is 77.5 Å². The normalized spacial score (nSPS) is 18.7. The first-order valence-electron chi connectivity index (χ1n) is 12.3. The van der Waals surface area contributed by atoms with Crippen molar-refractivity contribution < 1.29 is 23.8 Å². The van der Waals surface area contributed by atoms with Gasteiger partial charge in [-0.25, -0.2) is 4.79 Å². The Hall–Kier alpha value is -2.29. The number of benzene rings is 1. The molecule has 2 amide bonds. The minimum atomic E-state index is -0.699. The largest absolute Gasteiger partial charge is 0.444 e. The van der Waals surface area contributed by atoms with Gasteiger partial charge >= 0.3 is 6.09 Å². The molecule has 1 saturated heterocycles. The molecule has 1 aromatic heterocycles. The summed E-state index contributed by atoms with van der Waals surface area (Å²) in [7, 11) is 1.70. The van der Waals surface area contributed by atoms with Crippen molar-refractivity contribution in [2.45, 2.75) is 70.9 Å². The molecule has 1 aliphatic carbocycles. The SMILES string of the molecule is COCCCn1cc(CN(C(=O)[C@H]2CN(C(=O)OC(C)(C)C)CCO2)C2CC2)c2cc(Cl)ccc21. The van der Waals surface area contributed by atoms with E-state index in [-0.39, 0.29) is 18.5 Å². The summed E-state index contributed by atoms with van der Waals surface area (Å²) in [6.07, 6.45) is 3.85. The zero-order valence-corrected chi connectivity index (χ0v) is 21.8. The van der Waals surface area contributed by atoms with E-state index in [1.165, 1.54) is 0 Å². The van der Waals surface area contributed by atoms with Gasteiger partial charge in [0.05, 0.1) is 13.2 Å². The summed E-state index contributed by atoms with van der Waals surface area (Å²) in [5.74, 6) is -0.0805. The Bertz CT molecular complexity index is 1060. The van der Waals surface area contributed by atoms with Crippen LogP contribution >= 0.6 is 11.6 Å². The molecule has 1 atom stereocenters. The summed E-state index contributed by atoms with van der Waals surface area (Å²) in [6.45, 7) is 8.40. The topological polar surface area (TPSA) is 73.2 Å². The molecule has 2 heterocycles. The summed E-state index contributed by atoms with van der Waals surface area (Å²) >= 11 is 6.33. The standard InChI is InChI=1S/C26H36ClN3O5/c1-26(2,3)35-25(32)29-11-13-34-23(17-29)24(31)30(20-7-8-20)16-18-15-28(10-5-12-33-4)22-9-6-19(27)14-21(18)22/h6,9,14-15,20,23H,5,7-8,10-13,16-17H2,1-4H3/t23-/m1/s1. The smallest absolute Gasteiger partial charge is 0.410 e. The van der Waals surface area contributed by atoms with Gasteiger partial charge in [-0.2, -0.15) is 0 Å². The number of carbonyl (C=O) groups is 2. The molecule has 9 heteroatoms. The minimum absolute atomic E-state index is 0.0805. The quantitative estimate of drug-likeness (QED) is 0.495. The summed E-state index contributed by atoms with van der Waals surface area (Å²) in [4.78, 5) is 29.7. The van der Waals surface area contributed by atoms with Crippen LogP contribution in [0, 0.1) is 0 Å². The number of ether oxygens (including phenoxy) is 3. The Balaban J connectivity index is 1.52. The van der Waals surface area contributed by atoms with E-state index in [2.05, 4.69) is 10.8 Å². The fourth-order valence-corrected chi connectivity index (χ4v) is 4.64. The zero-order valence-electron chi connectivity index (χ0n) is 21.1. The van der Waals surface area contributed by atoms with Gasteiger partial charge in [-0.3, -0.25) is 4.79 Å². The predicted octanol–water partition coefficient (Wildman–Crippen LogP) is 4.46. The lowest BCUT2D eigenvalue weighted by Gasteiger charge is -2.35. The van der Waals surface area contributed by atoms with Crippen LogP contribution in [0.5, 0.6) is 0 Å². The third kappa shape index (κ3) is 6.48. The first-order valence-corrected chi connectivity index (χ1v) is 12.7. The lowest BCUT2D eigenvalue weighted by Crippen LogP contribution is -2.53. The van der Waals surface area contributed by atoms with Gasteiger partial charge in [0.25, 0.3) is 5.91 Å². The van der Waals surface area contributed by atoms with Gasteiger partial charge < -0.3 is 28.6 Å². The van der Waals surface area contributed by atoms with E-state index in [9.17, 15) is 9.59 Å². The average molecular weight is 506 g/mol. The van der Waals surface area contributed by atoms with Crippen molar-refractivity contribution in [2.75, 3.05) is 33.4 Å². The maximum atomic E-state index is 13.6. The van der Waals surface area contributed by atoms with Crippen LogP contribution in [0.4, 0.5) is 4.79 Å². The van der Waals surface area contributed by atoms with Crippen molar-refractivity contribution >= 4 is 34.5 Å². The summed E-state index contributed by atoms with van der Waals surface area (Å²) in [5.41, 5.74) is 1.56. The van der Waals surface area contributed by atoms with E-state index in [1.54, 1.807) is 12.0 Å². The maximum Gasteiger partial charge on any atom is 0.410 e. The van der Waals surface area contributed by atoms with Crippen LogP contribution in [0.1, 0.15) is 45.6 Å². The predicted molar refractivity (Wildman–Crippen MR) is 135 cm³/mol. The second-order valence-electron chi connectivity index (χ2n) is 10.3. The van der Waals surface area contributed by atoms with Gasteiger partial charge in [-0.05, 0) is 63.8 Å². The molecule has 0 unspecified atom stereocenters. The molecule has 4 rings (SSSR count). The molecule has 0 spiro atoms. The molecule has 1 aliphatic heterocycles. The lowest BCUT2D eigenvalue weighted by atomic mass is 10.1. The van der Waals surface area contributed by atoms with Crippen LogP contribution in [0.15, 0.2) is 24.4 Å². The van der Waals surface area contributed by atoms with Crippen LogP contribution in [-0.2, 0) is 32.1 Å².